The zero-order valence-electron chi connectivity index (χ0n) is 24.0. The van der Waals surface area contributed by atoms with E-state index in [9.17, 15) is 0 Å². The zero-order valence-corrected chi connectivity index (χ0v) is 24.0. The smallest absolute Gasteiger partial charge is 0.141 e. The van der Waals surface area contributed by atoms with Gasteiger partial charge in [-0.2, -0.15) is 5.10 Å². The van der Waals surface area contributed by atoms with Crippen LogP contribution < -0.4 is 9.47 Å². The van der Waals surface area contributed by atoms with Gasteiger partial charge in [0.15, 0.2) is 0 Å². The van der Waals surface area contributed by atoms with E-state index in [0.29, 0.717) is 0 Å². The maximum atomic E-state index is 6.42. The van der Waals surface area contributed by atoms with Crippen molar-refractivity contribution < 1.29 is 9.47 Å². The van der Waals surface area contributed by atoms with E-state index in [0.717, 1.165) is 56.1 Å². The quantitative estimate of drug-likeness (QED) is 0.208. The van der Waals surface area contributed by atoms with Gasteiger partial charge in [0.2, 0.25) is 0 Å². The number of aromatic nitrogens is 4. The van der Waals surface area contributed by atoms with Crippen molar-refractivity contribution in [1.29, 1.82) is 0 Å². The molecule has 3 heterocycles. The highest BCUT2D eigenvalue weighted by atomic mass is 16.5. The first kappa shape index (κ1) is 25.6. The van der Waals surface area contributed by atoms with Gasteiger partial charge in [0.05, 0.1) is 30.0 Å². The fourth-order valence-electron chi connectivity index (χ4n) is 5.96. The first-order chi connectivity index (χ1) is 20.5. The molecule has 3 aromatic heterocycles. The number of methoxy groups -OCH3 is 1. The number of para-hydroxylation sites is 1. The Balaban J connectivity index is 1.25. The average Bonchev–Trinajstić information content (AvgIpc) is 3.60. The molecule has 0 saturated carbocycles. The summed E-state index contributed by atoms with van der Waals surface area (Å²) in [4.78, 5) is 4.66. The Kier molecular flexibility index (Phi) is 6.24. The second-order valence-corrected chi connectivity index (χ2v) is 10.6. The minimum Gasteiger partial charge on any atom is -0.497 e. The van der Waals surface area contributed by atoms with E-state index in [4.69, 9.17) is 9.47 Å². The molecule has 42 heavy (non-hydrogen) atoms. The van der Waals surface area contributed by atoms with Crippen molar-refractivity contribution in [2.45, 2.75) is 20.8 Å². The Bertz CT molecular complexity index is 2080. The lowest BCUT2D eigenvalue weighted by molar-refractivity contribution is 0.414. The fourth-order valence-corrected chi connectivity index (χ4v) is 5.96. The Morgan fingerprint density at radius 1 is 0.690 bits per heavy atom. The van der Waals surface area contributed by atoms with Gasteiger partial charge in [-0.3, -0.25) is 4.57 Å². The Morgan fingerprint density at radius 3 is 2.31 bits per heavy atom. The Labute approximate surface area is 244 Å². The fraction of sp³-hybridized carbons (Fsp3) is 0.111. The molecule has 7 rings (SSSR count). The molecule has 0 aliphatic rings. The van der Waals surface area contributed by atoms with Crippen LogP contribution in [0.15, 0.2) is 110 Å². The molecule has 6 heteroatoms. The highest BCUT2D eigenvalue weighted by Crippen LogP contribution is 2.36. The zero-order chi connectivity index (χ0) is 28.8. The topological polar surface area (TPSA) is 54.1 Å². The predicted molar refractivity (Wildman–Crippen MR) is 168 cm³/mol. The van der Waals surface area contributed by atoms with Crippen LogP contribution in [0.5, 0.6) is 17.2 Å². The van der Waals surface area contributed by atoms with Crippen LogP contribution in [0.1, 0.15) is 16.7 Å². The molecule has 0 radical (unpaired) electrons. The van der Waals surface area contributed by atoms with Crippen molar-refractivity contribution in [2.75, 3.05) is 7.11 Å². The number of hydrogen-bond acceptors (Lipinski definition) is 4. The molecule has 4 aromatic carbocycles. The van der Waals surface area contributed by atoms with E-state index >= 15 is 0 Å². The number of hydrogen-bond donors (Lipinski definition) is 0. The number of rotatable bonds is 6. The largest absolute Gasteiger partial charge is 0.497 e. The van der Waals surface area contributed by atoms with Gasteiger partial charge in [0.1, 0.15) is 23.1 Å². The van der Waals surface area contributed by atoms with Crippen LogP contribution >= 0.6 is 0 Å². The summed E-state index contributed by atoms with van der Waals surface area (Å²) in [6, 6.07) is 30.8. The molecular weight excluding hydrogens is 520 g/mol. The summed E-state index contributed by atoms with van der Waals surface area (Å²) >= 11 is 0. The molecule has 6 nitrogen and oxygen atoms in total. The van der Waals surface area contributed by atoms with Crippen LogP contribution in [0.4, 0.5) is 0 Å². The number of benzene rings is 4. The van der Waals surface area contributed by atoms with Crippen LogP contribution in [0.3, 0.4) is 0 Å². The third kappa shape index (κ3) is 4.47. The molecule has 0 unspecified atom stereocenters. The minimum absolute atomic E-state index is 0.730. The monoisotopic (exact) mass is 550 g/mol. The molecule has 0 aliphatic carbocycles. The van der Waals surface area contributed by atoms with Gasteiger partial charge in [-0.1, -0.05) is 42.0 Å². The Morgan fingerprint density at radius 2 is 1.48 bits per heavy atom. The third-order valence-corrected chi connectivity index (χ3v) is 7.69. The molecule has 0 aliphatic heterocycles. The van der Waals surface area contributed by atoms with Gasteiger partial charge < -0.3 is 9.47 Å². The molecule has 0 bridgehead atoms. The van der Waals surface area contributed by atoms with E-state index in [2.05, 4.69) is 84.1 Å². The van der Waals surface area contributed by atoms with Gasteiger partial charge in [-0.25, -0.2) is 9.67 Å². The lowest BCUT2D eigenvalue weighted by atomic mass is 9.96. The molecule has 0 amide bonds. The van der Waals surface area contributed by atoms with Crippen LogP contribution in [0, 0.1) is 20.8 Å². The SMILES string of the molecule is COc1ccnc(-n2c3ccccc3c3ccc(Oc4cccc(-n5cc(-c6c(C)cc(C)cc6C)cn5)c4)cc32)c1. The standard InChI is InChI=1S/C36H30N4O2/c1-23-16-24(2)36(25(3)17-23)26-21-38-39(22-26)27-8-7-9-29(18-27)42-30-12-13-32-31-10-5-6-11-33(31)40(34(32)19-30)35-20-28(41-4)14-15-37-35/h5-22H,1-4H3. The summed E-state index contributed by atoms with van der Waals surface area (Å²) in [6.45, 7) is 6.44. The number of pyridine rings is 1. The minimum atomic E-state index is 0.730. The van der Waals surface area contributed by atoms with Crippen molar-refractivity contribution in [2.24, 2.45) is 0 Å². The van der Waals surface area contributed by atoms with Crippen molar-refractivity contribution in [3.63, 3.8) is 0 Å². The van der Waals surface area contributed by atoms with Gasteiger partial charge in [-0.05, 0) is 73.9 Å². The summed E-state index contributed by atoms with van der Waals surface area (Å²) in [6.07, 6.45) is 5.77. The average molecular weight is 551 g/mol. The van der Waals surface area contributed by atoms with E-state index in [1.165, 1.54) is 22.3 Å². The molecule has 0 N–H and O–H groups in total. The molecule has 0 fully saturated rings. The van der Waals surface area contributed by atoms with Gasteiger partial charge in [0.25, 0.3) is 0 Å². The number of ether oxygens (including phenoxy) is 2. The summed E-state index contributed by atoms with van der Waals surface area (Å²) in [5.41, 5.74) is 9.10. The van der Waals surface area contributed by atoms with Gasteiger partial charge in [0, 0.05) is 46.9 Å². The lowest BCUT2D eigenvalue weighted by Gasteiger charge is -2.11. The van der Waals surface area contributed by atoms with E-state index in [-0.39, 0.29) is 0 Å². The first-order valence-corrected chi connectivity index (χ1v) is 13.9. The van der Waals surface area contributed by atoms with Crippen molar-refractivity contribution in [3.05, 3.63) is 126 Å². The van der Waals surface area contributed by atoms with Crippen LogP contribution in [0.2, 0.25) is 0 Å². The maximum absolute atomic E-state index is 6.42. The van der Waals surface area contributed by atoms with E-state index < -0.39 is 0 Å². The van der Waals surface area contributed by atoms with Crippen LogP contribution in [-0.4, -0.2) is 26.4 Å². The second kappa shape index (κ2) is 10.2. The van der Waals surface area contributed by atoms with Crippen molar-refractivity contribution in [3.8, 4) is 39.9 Å². The summed E-state index contributed by atoms with van der Waals surface area (Å²) < 4.78 is 16.0. The summed E-state index contributed by atoms with van der Waals surface area (Å²) in [7, 11) is 1.67. The van der Waals surface area contributed by atoms with Crippen molar-refractivity contribution >= 4 is 21.8 Å². The number of aryl methyl sites for hydroxylation is 3. The predicted octanol–water partition coefficient (Wildman–Crippen LogP) is 8.76. The van der Waals surface area contributed by atoms with Gasteiger partial charge in [-0.15, -0.1) is 0 Å². The summed E-state index contributed by atoms with van der Waals surface area (Å²) in [5.74, 6) is 3.00. The van der Waals surface area contributed by atoms with E-state index in [1.807, 2.05) is 59.4 Å². The highest BCUT2D eigenvalue weighted by molar-refractivity contribution is 6.09. The highest BCUT2D eigenvalue weighted by Gasteiger charge is 2.15. The van der Waals surface area contributed by atoms with Crippen molar-refractivity contribution in [1.82, 2.24) is 19.3 Å². The Hall–Kier alpha value is -5.36. The molecule has 0 atom stereocenters. The molecule has 206 valence electrons. The molecular formula is C36H30N4O2. The molecule has 0 saturated heterocycles. The first-order valence-electron chi connectivity index (χ1n) is 13.9. The van der Waals surface area contributed by atoms with Crippen LogP contribution in [-0.2, 0) is 0 Å². The second-order valence-electron chi connectivity index (χ2n) is 10.6. The lowest BCUT2D eigenvalue weighted by Crippen LogP contribution is -1.98. The molecule has 0 spiro atoms. The number of nitrogens with zero attached hydrogens (tertiary/aromatic N) is 4. The summed E-state index contributed by atoms with van der Waals surface area (Å²) in [5, 5.41) is 6.96. The maximum Gasteiger partial charge on any atom is 0.141 e. The van der Waals surface area contributed by atoms with Gasteiger partial charge >= 0.3 is 0 Å². The number of fused-ring (bicyclic) bond motifs is 3. The third-order valence-electron chi connectivity index (χ3n) is 7.69. The molecule has 7 aromatic rings. The van der Waals surface area contributed by atoms with Crippen LogP contribution in [0.25, 0.3) is 44.4 Å². The van der Waals surface area contributed by atoms with E-state index in [1.54, 1.807) is 13.3 Å². The normalized spacial score (nSPS) is 11.3.